The van der Waals surface area contributed by atoms with Gasteiger partial charge in [0.15, 0.2) is 0 Å². The Bertz CT molecular complexity index is 433. The second kappa shape index (κ2) is 8.35. The second-order valence-electron chi connectivity index (χ2n) is 5.56. The number of halogens is 1. The van der Waals surface area contributed by atoms with Gasteiger partial charge in [0.05, 0.1) is 13.2 Å². The van der Waals surface area contributed by atoms with E-state index in [-0.39, 0.29) is 11.9 Å². The fourth-order valence-electron chi connectivity index (χ4n) is 2.92. The Labute approximate surface area is 126 Å². The lowest BCUT2D eigenvalue weighted by molar-refractivity contribution is 0.00851. The molecule has 118 valence electrons. The number of rotatable bonds is 7. The van der Waals surface area contributed by atoms with Crippen LogP contribution in [0.2, 0.25) is 0 Å². The van der Waals surface area contributed by atoms with Gasteiger partial charge in [-0.25, -0.2) is 4.39 Å². The van der Waals surface area contributed by atoms with Crippen LogP contribution in [-0.2, 0) is 4.74 Å². The molecule has 1 saturated heterocycles. The summed E-state index contributed by atoms with van der Waals surface area (Å²) in [5, 5.41) is 3.38. The van der Waals surface area contributed by atoms with E-state index in [4.69, 9.17) is 9.47 Å². The largest absolute Gasteiger partial charge is 0.497 e. The summed E-state index contributed by atoms with van der Waals surface area (Å²) in [7, 11) is 1.55. The molecule has 0 aromatic heterocycles. The van der Waals surface area contributed by atoms with Gasteiger partial charge in [-0.05, 0) is 44.7 Å². The number of methoxy groups -OCH3 is 1. The third kappa shape index (κ3) is 4.68. The first-order chi connectivity index (χ1) is 10.2. The fraction of sp³-hybridized carbons (Fsp3) is 0.647. The highest BCUT2D eigenvalue weighted by Gasteiger charge is 2.19. The van der Waals surface area contributed by atoms with Crippen LogP contribution in [0.15, 0.2) is 18.2 Å². The average molecular weight is 295 g/mol. The highest BCUT2D eigenvalue weighted by atomic mass is 19.1. The van der Waals surface area contributed by atoms with Crippen molar-refractivity contribution >= 4 is 0 Å². The summed E-state index contributed by atoms with van der Waals surface area (Å²) in [6, 6.07) is 5.13. The highest BCUT2D eigenvalue weighted by Crippen LogP contribution is 2.27. The van der Waals surface area contributed by atoms with Crippen molar-refractivity contribution in [3.05, 3.63) is 29.6 Å². The van der Waals surface area contributed by atoms with Gasteiger partial charge in [-0.1, -0.05) is 13.0 Å². The highest BCUT2D eigenvalue weighted by molar-refractivity contribution is 5.30. The Balaban J connectivity index is 2.00. The molecule has 4 heteroatoms. The smallest absolute Gasteiger partial charge is 0.131 e. The lowest BCUT2D eigenvalue weighted by Gasteiger charge is -2.25. The minimum atomic E-state index is -0.204. The monoisotopic (exact) mass is 295 g/mol. The molecule has 0 spiro atoms. The summed E-state index contributed by atoms with van der Waals surface area (Å²) in [6.45, 7) is 3.74. The quantitative estimate of drug-likeness (QED) is 0.829. The standard InChI is InChI=1S/C17H26FNO2/c1-3-19-17(10-8-13-6-4-5-11-21-13)15-9-7-14(20-2)12-16(15)18/h7,9,12-13,17,19H,3-6,8,10-11H2,1-2H3. The molecule has 3 nitrogen and oxygen atoms in total. The maximum Gasteiger partial charge on any atom is 0.131 e. The van der Waals surface area contributed by atoms with Crippen molar-refractivity contribution in [2.75, 3.05) is 20.3 Å². The molecular formula is C17H26FNO2. The number of hydrogen-bond donors (Lipinski definition) is 1. The topological polar surface area (TPSA) is 30.5 Å². The van der Waals surface area contributed by atoms with Gasteiger partial charge in [-0.15, -0.1) is 0 Å². The Morgan fingerprint density at radius 1 is 1.43 bits per heavy atom. The number of hydrogen-bond acceptors (Lipinski definition) is 3. The third-order valence-electron chi connectivity index (χ3n) is 4.08. The molecule has 1 heterocycles. The van der Waals surface area contributed by atoms with E-state index in [0.717, 1.165) is 32.4 Å². The van der Waals surface area contributed by atoms with Crippen LogP contribution in [-0.4, -0.2) is 26.4 Å². The fourth-order valence-corrected chi connectivity index (χ4v) is 2.92. The third-order valence-corrected chi connectivity index (χ3v) is 4.08. The maximum absolute atomic E-state index is 14.2. The van der Waals surface area contributed by atoms with Crippen molar-refractivity contribution in [3.8, 4) is 5.75 Å². The molecule has 2 atom stereocenters. The van der Waals surface area contributed by atoms with Gasteiger partial charge in [-0.2, -0.15) is 0 Å². The Morgan fingerprint density at radius 3 is 2.90 bits per heavy atom. The molecule has 1 N–H and O–H groups in total. The van der Waals surface area contributed by atoms with Crippen LogP contribution in [0.25, 0.3) is 0 Å². The zero-order chi connectivity index (χ0) is 15.1. The zero-order valence-electron chi connectivity index (χ0n) is 13.0. The van der Waals surface area contributed by atoms with Crippen LogP contribution in [0.1, 0.15) is 50.6 Å². The summed E-state index contributed by atoms with van der Waals surface area (Å²) in [6.07, 6.45) is 5.74. The minimum absolute atomic E-state index is 0.0337. The summed E-state index contributed by atoms with van der Waals surface area (Å²) < 4.78 is 25.1. The van der Waals surface area contributed by atoms with Crippen molar-refractivity contribution in [3.63, 3.8) is 0 Å². The summed E-state index contributed by atoms with van der Waals surface area (Å²) >= 11 is 0. The molecule has 0 aliphatic carbocycles. The van der Waals surface area contributed by atoms with E-state index in [1.54, 1.807) is 7.11 Å². The normalized spacial score (nSPS) is 20.2. The predicted octanol–water partition coefficient (Wildman–Crippen LogP) is 3.83. The number of benzene rings is 1. The van der Waals surface area contributed by atoms with Gasteiger partial charge in [0, 0.05) is 24.3 Å². The van der Waals surface area contributed by atoms with E-state index in [2.05, 4.69) is 5.32 Å². The van der Waals surface area contributed by atoms with E-state index in [9.17, 15) is 4.39 Å². The lowest BCUT2D eigenvalue weighted by atomic mass is 9.96. The zero-order valence-corrected chi connectivity index (χ0v) is 13.0. The lowest BCUT2D eigenvalue weighted by Crippen LogP contribution is -2.25. The number of ether oxygens (including phenoxy) is 2. The van der Waals surface area contributed by atoms with Crippen molar-refractivity contribution in [1.82, 2.24) is 5.32 Å². The molecule has 21 heavy (non-hydrogen) atoms. The van der Waals surface area contributed by atoms with Gasteiger partial charge in [0.1, 0.15) is 11.6 Å². The molecule has 1 aromatic carbocycles. The van der Waals surface area contributed by atoms with E-state index < -0.39 is 0 Å². The molecule has 0 bridgehead atoms. The first-order valence-corrected chi connectivity index (χ1v) is 7.93. The predicted molar refractivity (Wildman–Crippen MR) is 82.2 cm³/mol. The van der Waals surface area contributed by atoms with Crippen LogP contribution >= 0.6 is 0 Å². The molecule has 2 unspecified atom stereocenters. The Kier molecular flexibility index (Phi) is 6.46. The molecule has 1 aliphatic rings. The van der Waals surface area contributed by atoms with Crippen LogP contribution in [0.3, 0.4) is 0 Å². The molecule has 2 rings (SSSR count). The summed E-state index contributed by atoms with van der Waals surface area (Å²) in [5.74, 6) is 0.354. The minimum Gasteiger partial charge on any atom is -0.497 e. The first-order valence-electron chi connectivity index (χ1n) is 7.93. The van der Waals surface area contributed by atoms with Gasteiger partial charge in [0.2, 0.25) is 0 Å². The molecule has 0 radical (unpaired) electrons. The van der Waals surface area contributed by atoms with Crippen LogP contribution in [0.5, 0.6) is 5.75 Å². The molecule has 1 aliphatic heterocycles. The molecule has 1 aromatic rings. The van der Waals surface area contributed by atoms with Crippen molar-refractivity contribution < 1.29 is 13.9 Å². The Morgan fingerprint density at radius 2 is 2.29 bits per heavy atom. The van der Waals surface area contributed by atoms with Gasteiger partial charge < -0.3 is 14.8 Å². The van der Waals surface area contributed by atoms with Gasteiger partial charge >= 0.3 is 0 Å². The van der Waals surface area contributed by atoms with E-state index in [1.165, 1.54) is 18.9 Å². The van der Waals surface area contributed by atoms with E-state index in [0.29, 0.717) is 17.4 Å². The summed E-state index contributed by atoms with van der Waals surface area (Å²) in [4.78, 5) is 0. The van der Waals surface area contributed by atoms with Crippen molar-refractivity contribution in [2.45, 2.75) is 51.2 Å². The first kappa shape index (κ1) is 16.2. The van der Waals surface area contributed by atoms with Gasteiger partial charge in [0.25, 0.3) is 0 Å². The van der Waals surface area contributed by atoms with E-state index >= 15 is 0 Å². The molecule has 1 fully saturated rings. The van der Waals surface area contributed by atoms with Crippen molar-refractivity contribution in [1.29, 1.82) is 0 Å². The van der Waals surface area contributed by atoms with Gasteiger partial charge in [-0.3, -0.25) is 0 Å². The Hall–Kier alpha value is -1.13. The van der Waals surface area contributed by atoms with E-state index in [1.807, 2.05) is 19.1 Å². The molecule has 0 amide bonds. The number of nitrogens with one attached hydrogen (secondary N) is 1. The molecular weight excluding hydrogens is 269 g/mol. The second-order valence-corrected chi connectivity index (χ2v) is 5.56. The SMILES string of the molecule is CCNC(CCC1CCCCO1)c1ccc(OC)cc1F. The van der Waals surface area contributed by atoms with Crippen LogP contribution in [0, 0.1) is 5.82 Å². The average Bonchev–Trinajstić information content (AvgIpc) is 2.52. The van der Waals surface area contributed by atoms with Crippen molar-refractivity contribution in [2.24, 2.45) is 0 Å². The van der Waals surface area contributed by atoms with Crippen LogP contribution in [0.4, 0.5) is 4.39 Å². The molecule has 0 saturated carbocycles. The summed E-state index contributed by atoms with van der Waals surface area (Å²) in [5.41, 5.74) is 0.716. The maximum atomic E-state index is 14.2. The van der Waals surface area contributed by atoms with Crippen LogP contribution < -0.4 is 10.1 Å².